The third kappa shape index (κ3) is 7.22. The fraction of sp³-hybridized carbons (Fsp3) is 0.444. The van der Waals surface area contributed by atoms with E-state index in [1.165, 1.54) is 31.0 Å². The van der Waals surface area contributed by atoms with E-state index in [0.29, 0.717) is 34.3 Å². The van der Waals surface area contributed by atoms with Gasteiger partial charge in [0, 0.05) is 15.5 Å². The van der Waals surface area contributed by atoms with E-state index in [1.54, 1.807) is 18.2 Å². The predicted octanol–water partition coefficient (Wildman–Crippen LogP) is 8.59. The first-order chi connectivity index (χ1) is 17.7. The molecule has 1 aliphatic rings. The Balaban J connectivity index is 1.50. The summed E-state index contributed by atoms with van der Waals surface area (Å²) in [6.45, 7) is 6.69. The van der Waals surface area contributed by atoms with Gasteiger partial charge in [-0.15, -0.1) is 10.2 Å². The van der Waals surface area contributed by atoms with Gasteiger partial charge in [-0.2, -0.15) is 0 Å². The van der Waals surface area contributed by atoms with Crippen LogP contribution in [0.2, 0.25) is 10.0 Å². The fourth-order valence-corrected chi connectivity index (χ4v) is 6.15. The van der Waals surface area contributed by atoms with Crippen molar-refractivity contribution in [1.82, 2.24) is 14.8 Å². The van der Waals surface area contributed by atoms with Gasteiger partial charge in [-0.1, -0.05) is 84.0 Å². The number of nitrogens with one attached hydrogen (secondary N) is 1. The van der Waals surface area contributed by atoms with E-state index < -0.39 is 0 Å². The molecule has 1 amide bonds. The lowest BCUT2D eigenvalue weighted by molar-refractivity contribution is -0.113. The third-order valence-corrected chi connectivity index (χ3v) is 8.83. The van der Waals surface area contributed by atoms with E-state index in [0.717, 1.165) is 45.2 Å². The van der Waals surface area contributed by atoms with Gasteiger partial charge in [-0.05, 0) is 67.1 Å². The van der Waals surface area contributed by atoms with Crippen LogP contribution < -0.4 is 10.1 Å². The summed E-state index contributed by atoms with van der Waals surface area (Å²) in [5.74, 6) is 1.99. The molecule has 0 spiro atoms. The monoisotopic (exact) mass is 624 g/mol. The van der Waals surface area contributed by atoms with Gasteiger partial charge in [0.15, 0.2) is 11.0 Å². The smallest absolute Gasteiger partial charge is 0.234 e. The van der Waals surface area contributed by atoms with Crippen molar-refractivity contribution in [3.05, 3.63) is 61.8 Å². The van der Waals surface area contributed by atoms with Crippen LogP contribution in [0, 0.1) is 6.92 Å². The summed E-state index contributed by atoms with van der Waals surface area (Å²) >= 11 is 17.2. The Morgan fingerprint density at radius 1 is 1.19 bits per heavy atom. The molecule has 1 saturated carbocycles. The van der Waals surface area contributed by atoms with Crippen LogP contribution in [0.25, 0.3) is 0 Å². The second kappa shape index (κ2) is 12.9. The summed E-state index contributed by atoms with van der Waals surface area (Å²) in [6.07, 6.45) is 5.73. The van der Waals surface area contributed by atoms with E-state index in [4.69, 9.17) is 27.9 Å². The number of anilines is 1. The molecule has 1 aromatic heterocycles. The summed E-state index contributed by atoms with van der Waals surface area (Å²) in [7, 11) is 0. The third-order valence-electron chi connectivity index (χ3n) is 6.48. The highest BCUT2D eigenvalue weighted by atomic mass is 79.9. The van der Waals surface area contributed by atoms with Crippen LogP contribution in [0.15, 0.2) is 40.0 Å². The topological polar surface area (TPSA) is 69.0 Å². The van der Waals surface area contributed by atoms with Crippen LogP contribution in [-0.2, 0) is 11.4 Å². The number of rotatable bonds is 9. The van der Waals surface area contributed by atoms with Crippen molar-refractivity contribution in [2.24, 2.45) is 0 Å². The number of benzene rings is 2. The van der Waals surface area contributed by atoms with Crippen molar-refractivity contribution in [1.29, 1.82) is 0 Å². The van der Waals surface area contributed by atoms with Crippen molar-refractivity contribution in [2.75, 3.05) is 11.1 Å². The quantitative estimate of drug-likeness (QED) is 0.241. The highest BCUT2D eigenvalue weighted by Gasteiger charge is 2.24. The fourth-order valence-electron chi connectivity index (χ4n) is 4.51. The maximum Gasteiger partial charge on any atom is 0.234 e. The molecule has 2 aromatic carbocycles. The summed E-state index contributed by atoms with van der Waals surface area (Å²) in [6, 6.07) is 9.50. The number of hydrogen-bond acceptors (Lipinski definition) is 5. The molecule has 0 radical (unpaired) electrons. The maximum atomic E-state index is 12.7. The molecule has 4 rings (SSSR count). The molecule has 1 N–H and O–H groups in total. The van der Waals surface area contributed by atoms with Gasteiger partial charge in [0.05, 0.1) is 16.5 Å². The highest BCUT2D eigenvalue weighted by Crippen LogP contribution is 2.35. The first kappa shape index (κ1) is 28.3. The van der Waals surface area contributed by atoms with Crippen LogP contribution >= 0.6 is 50.9 Å². The van der Waals surface area contributed by atoms with Gasteiger partial charge >= 0.3 is 0 Å². The second-order valence-corrected chi connectivity index (χ2v) is 12.2. The molecule has 3 aromatic rings. The number of aromatic nitrogens is 3. The Labute approximate surface area is 241 Å². The number of carbonyl (C=O) groups excluding carboxylic acids is 1. The standard InChI is InChI=1S/C27H31BrCl2N4O2S/c1-16(2)20-13-21(28)17(3)11-24(20)36-14-25-32-33-27(34(25)19-7-5-4-6-8-19)37-15-26(35)31-23-10-9-18(29)12-22(23)30/h9-13,16,19H,4-8,14-15H2,1-3H3,(H,31,35). The van der Waals surface area contributed by atoms with Crippen LogP contribution in [-0.4, -0.2) is 26.4 Å². The molecule has 0 unspecified atom stereocenters. The summed E-state index contributed by atoms with van der Waals surface area (Å²) in [5.41, 5.74) is 2.80. The van der Waals surface area contributed by atoms with Gasteiger partial charge < -0.3 is 10.1 Å². The molecular weight excluding hydrogens is 595 g/mol. The Morgan fingerprint density at radius 2 is 1.95 bits per heavy atom. The molecule has 10 heteroatoms. The number of nitrogens with zero attached hydrogens (tertiary/aromatic N) is 3. The zero-order valence-electron chi connectivity index (χ0n) is 21.2. The maximum absolute atomic E-state index is 12.7. The molecule has 0 bridgehead atoms. The Morgan fingerprint density at radius 3 is 2.65 bits per heavy atom. The summed E-state index contributed by atoms with van der Waals surface area (Å²) < 4.78 is 9.60. The Hall–Kier alpha value is -1.74. The molecule has 6 nitrogen and oxygen atoms in total. The number of thioether (sulfide) groups is 1. The SMILES string of the molecule is Cc1cc(OCc2nnc(SCC(=O)Nc3ccc(Cl)cc3Cl)n2C2CCCCC2)c(C(C)C)cc1Br. The highest BCUT2D eigenvalue weighted by molar-refractivity contribution is 9.10. The van der Waals surface area contributed by atoms with Crippen LogP contribution in [0.3, 0.4) is 0 Å². The molecule has 0 atom stereocenters. The first-order valence-electron chi connectivity index (χ1n) is 12.5. The summed E-state index contributed by atoms with van der Waals surface area (Å²) in [5, 5.41) is 13.5. The minimum absolute atomic E-state index is 0.169. The van der Waals surface area contributed by atoms with Crippen molar-refractivity contribution in [3.63, 3.8) is 0 Å². The van der Waals surface area contributed by atoms with E-state index in [-0.39, 0.29) is 11.7 Å². The molecular formula is C27H31BrCl2N4O2S. The number of amides is 1. The van der Waals surface area contributed by atoms with E-state index in [9.17, 15) is 4.79 Å². The average Bonchev–Trinajstić information content (AvgIpc) is 3.28. The van der Waals surface area contributed by atoms with Crippen molar-refractivity contribution in [3.8, 4) is 5.75 Å². The van der Waals surface area contributed by atoms with E-state index in [1.807, 2.05) is 0 Å². The van der Waals surface area contributed by atoms with Crippen LogP contribution in [0.1, 0.15) is 74.9 Å². The molecule has 1 heterocycles. The van der Waals surface area contributed by atoms with E-state index in [2.05, 4.69) is 68.9 Å². The van der Waals surface area contributed by atoms with E-state index >= 15 is 0 Å². The Bertz CT molecular complexity index is 1260. The average molecular weight is 626 g/mol. The lowest BCUT2D eigenvalue weighted by Gasteiger charge is -2.25. The van der Waals surface area contributed by atoms with Crippen LogP contribution in [0.5, 0.6) is 5.75 Å². The van der Waals surface area contributed by atoms with Crippen molar-refractivity contribution in [2.45, 2.75) is 76.6 Å². The normalized spacial score (nSPS) is 14.2. The number of halogens is 3. The first-order valence-corrected chi connectivity index (χ1v) is 15.0. The largest absolute Gasteiger partial charge is 0.485 e. The second-order valence-electron chi connectivity index (χ2n) is 9.60. The molecule has 0 aliphatic heterocycles. The van der Waals surface area contributed by atoms with Gasteiger partial charge in [-0.25, -0.2) is 0 Å². The lowest BCUT2D eigenvalue weighted by Crippen LogP contribution is -2.19. The van der Waals surface area contributed by atoms with Crippen molar-refractivity contribution >= 4 is 62.5 Å². The minimum atomic E-state index is -0.169. The molecule has 1 aliphatic carbocycles. The Kier molecular flexibility index (Phi) is 9.84. The van der Waals surface area contributed by atoms with Gasteiger partial charge in [0.25, 0.3) is 0 Å². The number of ether oxygens (including phenoxy) is 1. The van der Waals surface area contributed by atoms with Gasteiger partial charge in [-0.3, -0.25) is 9.36 Å². The number of hydrogen-bond donors (Lipinski definition) is 1. The van der Waals surface area contributed by atoms with Crippen molar-refractivity contribution < 1.29 is 9.53 Å². The molecule has 37 heavy (non-hydrogen) atoms. The number of carbonyl (C=O) groups is 1. The zero-order chi connectivity index (χ0) is 26.5. The zero-order valence-corrected chi connectivity index (χ0v) is 25.1. The molecule has 0 saturated heterocycles. The van der Waals surface area contributed by atoms with Crippen LogP contribution in [0.4, 0.5) is 5.69 Å². The van der Waals surface area contributed by atoms with Gasteiger partial charge in [0.1, 0.15) is 12.4 Å². The molecule has 198 valence electrons. The molecule has 1 fully saturated rings. The summed E-state index contributed by atoms with van der Waals surface area (Å²) in [4.78, 5) is 12.7. The lowest BCUT2D eigenvalue weighted by atomic mass is 9.95. The predicted molar refractivity (Wildman–Crippen MR) is 155 cm³/mol. The minimum Gasteiger partial charge on any atom is -0.485 e. The van der Waals surface area contributed by atoms with Gasteiger partial charge in [0.2, 0.25) is 5.91 Å². The number of aryl methyl sites for hydroxylation is 1.